The SMILES string of the molecule is Cc1cc(NC(=O)c2csc(C)n2)n(C(C)(C)C)n1. The topological polar surface area (TPSA) is 59.8 Å². The highest BCUT2D eigenvalue weighted by Crippen LogP contribution is 2.21. The van der Waals surface area contributed by atoms with Gasteiger partial charge in [-0.05, 0) is 34.6 Å². The van der Waals surface area contributed by atoms with Crippen LogP contribution in [0.4, 0.5) is 5.82 Å². The molecule has 2 aromatic heterocycles. The van der Waals surface area contributed by atoms with E-state index in [0.29, 0.717) is 11.5 Å². The Morgan fingerprint density at radius 1 is 1.37 bits per heavy atom. The van der Waals surface area contributed by atoms with Gasteiger partial charge in [0.1, 0.15) is 11.5 Å². The molecule has 0 saturated carbocycles. The van der Waals surface area contributed by atoms with Crippen molar-refractivity contribution in [3.05, 3.63) is 27.8 Å². The van der Waals surface area contributed by atoms with E-state index in [0.717, 1.165) is 10.7 Å². The Morgan fingerprint density at radius 3 is 2.58 bits per heavy atom. The minimum atomic E-state index is -0.199. The van der Waals surface area contributed by atoms with Crippen LogP contribution in [0.1, 0.15) is 42.0 Å². The molecule has 0 fully saturated rings. The van der Waals surface area contributed by atoms with Crippen molar-refractivity contribution < 1.29 is 4.79 Å². The van der Waals surface area contributed by atoms with Crippen LogP contribution in [0.5, 0.6) is 0 Å². The molecular formula is C13H18N4OS. The van der Waals surface area contributed by atoms with Crippen molar-refractivity contribution in [3.63, 3.8) is 0 Å². The van der Waals surface area contributed by atoms with Crippen molar-refractivity contribution in [3.8, 4) is 0 Å². The van der Waals surface area contributed by atoms with Crippen LogP contribution in [0.25, 0.3) is 0 Å². The molecule has 1 amide bonds. The van der Waals surface area contributed by atoms with Gasteiger partial charge in [0.25, 0.3) is 5.91 Å². The van der Waals surface area contributed by atoms with Gasteiger partial charge in [-0.25, -0.2) is 9.67 Å². The lowest BCUT2D eigenvalue weighted by Crippen LogP contribution is -2.26. The zero-order valence-electron chi connectivity index (χ0n) is 11.8. The number of carbonyl (C=O) groups excluding carboxylic acids is 1. The maximum absolute atomic E-state index is 12.1. The average Bonchev–Trinajstić information content (AvgIpc) is 2.84. The number of nitrogens with zero attached hydrogens (tertiary/aromatic N) is 3. The number of thiazole rings is 1. The van der Waals surface area contributed by atoms with Crippen LogP contribution in [-0.2, 0) is 5.54 Å². The molecule has 19 heavy (non-hydrogen) atoms. The zero-order chi connectivity index (χ0) is 14.2. The van der Waals surface area contributed by atoms with Crippen LogP contribution < -0.4 is 5.32 Å². The lowest BCUT2D eigenvalue weighted by Gasteiger charge is -2.22. The molecule has 0 bridgehead atoms. The fourth-order valence-electron chi connectivity index (χ4n) is 1.75. The summed E-state index contributed by atoms with van der Waals surface area (Å²) < 4.78 is 1.82. The molecule has 2 rings (SSSR count). The number of nitrogens with one attached hydrogen (secondary N) is 1. The van der Waals surface area contributed by atoms with Gasteiger partial charge in [0.05, 0.1) is 16.2 Å². The fraction of sp³-hybridized carbons (Fsp3) is 0.462. The number of aromatic nitrogens is 3. The monoisotopic (exact) mass is 278 g/mol. The van der Waals surface area contributed by atoms with Crippen LogP contribution in [0.15, 0.2) is 11.4 Å². The Balaban J connectivity index is 2.27. The molecule has 0 radical (unpaired) electrons. The minimum absolute atomic E-state index is 0.186. The first-order valence-corrected chi connectivity index (χ1v) is 6.96. The molecule has 0 saturated heterocycles. The number of amides is 1. The number of anilines is 1. The van der Waals surface area contributed by atoms with Gasteiger partial charge in [-0.15, -0.1) is 11.3 Å². The van der Waals surface area contributed by atoms with Gasteiger partial charge >= 0.3 is 0 Å². The first-order chi connectivity index (χ1) is 8.77. The maximum Gasteiger partial charge on any atom is 0.276 e. The first-order valence-electron chi connectivity index (χ1n) is 6.08. The minimum Gasteiger partial charge on any atom is -0.305 e. The number of aryl methyl sites for hydroxylation is 2. The largest absolute Gasteiger partial charge is 0.305 e. The van der Waals surface area contributed by atoms with Gasteiger partial charge in [0.15, 0.2) is 0 Å². The summed E-state index contributed by atoms with van der Waals surface area (Å²) in [5.41, 5.74) is 1.14. The van der Waals surface area contributed by atoms with E-state index in [1.54, 1.807) is 5.38 Å². The normalized spacial score (nSPS) is 11.6. The van der Waals surface area contributed by atoms with Crippen molar-refractivity contribution in [1.29, 1.82) is 0 Å². The van der Waals surface area contributed by atoms with E-state index in [1.807, 2.05) is 45.4 Å². The molecule has 0 aliphatic carbocycles. The molecule has 0 atom stereocenters. The highest BCUT2D eigenvalue weighted by Gasteiger charge is 2.20. The van der Waals surface area contributed by atoms with E-state index in [-0.39, 0.29) is 11.4 Å². The Bertz CT molecular complexity index is 606. The number of carbonyl (C=O) groups is 1. The van der Waals surface area contributed by atoms with E-state index in [9.17, 15) is 4.79 Å². The second kappa shape index (κ2) is 4.77. The Kier molecular flexibility index (Phi) is 3.45. The molecule has 6 heteroatoms. The molecule has 0 aromatic carbocycles. The highest BCUT2D eigenvalue weighted by molar-refractivity contribution is 7.09. The second-order valence-corrected chi connectivity index (χ2v) is 6.52. The lowest BCUT2D eigenvalue weighted by atomic mass is 10.1. The standard InChI is InChI=1S/C13H18N4OS/c1-8-6-11(17(16-8)13(3,4)5)15-12(18)10-7-19-9(2)14-10/h6-7H,1-5H3,(H,15,18). The third-order valence-electron chi connectivity index (χ3n) is 2.56. The Labute approximate surface area is 116 Å². The van der Waals surface area contributed by atoms with E-state index >= 15 is 0 Å². The Hall–Kier alpha value is -1.69. The van der Waals surface area contributed by atoms with E-state index in [2.05, 4.69) is 15.4 Å². The molecule has 2 heterocycles. The third-order valence-corrected chi connectivity index (χ3v) is 3.33. The number of hydrogen-bond donors (Lipinski definition) is 1. The van der Waals surface area contributed by atoms with Crippen molar-refractivity contribution in [2.45, 2.75) is 40.2 Å². The third kappa shape index (κ3) is 3.01. The van der Waals surface area contributed by atoms with E-state index in [4.69, 9.17) is 0 Å². The van der Waals surface area contributed by atoms with Gasteiger partial charge in [-0.2, -0.15) is 5.10 Å². The van der Waals surface area contributed by atoms with E-state index in [1.165, 1.54) is 11.3 Å². The highest BCUT2D eigenvalue weighted by atomic mass is 32.1. The smallest absolute Gasteiger partial charge is 0.276 e. The quantitative estimate of drug-likeness (QED) is 0.918. The molecule has 0 spiro atoms. The summed E-state index contributed by atoms with van der Waals surface area (Å²) in [7, 11) is 0. The summed E-state index contributed by atoms with van der Waals surface area (Å²) in [6.45, 7) is 9.92. The van der Waals surface area contributed by atoms with Gasteiger partial charge in [-0.3, -0.25) is 4.79 Å². The van der Waals surface area contributed by atoms with Gasteiger partial charge < -0.3 is 5.32 Å². The molecule has 0 unspecified atom stereocenters. The predicted molar refractivity (Wildman–Crippen MR) is 76.8 cm³/mol. The second-order valence-electron chi connectivity index (χ2n) is 5.46. The molecule has 1 N–H and O–H groups in total. The predicted octanol–water partition coefficient (Wildman–Crippen LogP) is 2.96. The van der Waals surface area contributed by atoms with Crippen molar-refractivity contribution >= 4 is 23.1 Å². The van der Waals surface area contributed by atoms with Gasteiger partial charge in [-0.1, -0.05) is 0 Å². The molecule has 102 valence electrons. The van der Waals surface area contributed by atoms with Crippen molar-refractivity contribution in [2.75, 3.05) is 5.32 Å². The molecule has 2 aromatic rings. The van der Waals surface area contributed by atoms with Gasteiger partial charge in [0.2, 0.25) is 0 Å². The van der Waals surface area contributed by atoms with Crippen LogP contribution in [0, 0.1) is 13.8 Å². The van der Waals surface area contributed by atoms with Crippen LogP contribution in [-0.4, -0.2) is 20.7 Å². The van der Waals surface area contributed by atoms with Gasteiger partial charge in [0, 0.05) is 11.4 Å². The Morgan fingerprint density at radius 2 is 2.05 bits per heavy atom. The van der Waals surface area contributed by atoms with E-state index < -0.39 is 0 Å². The first kappa shape index (κ1) is 13.7. The average molecular weight is 278 g/mol. The summed E-state index contributed by atoms with van der Waals surface area (Å²) in [6.07, 6.45) is 0. The fourth-order valence-corrected chi connectivity index (χ4v) is 2.34. The zero-order valence-corrected chi connectivity index (χ0v) is 12.6. The van der Waals surface area contributed by atoms with Crippen LogP contribution in [0.2, 0.25) is 0 Å². The summed E-state index contributed by atoms with van der Waals surface area (Å²) >= 11 is 1.46. The maximum atomic E-state index is 12.1. The summed E-state index contributed by atoms with van der Waals surface area (Å²) in [6, 6.07) is 1.86. The summed E-state index contributed by atoms with van der Waals surface area (Å²) in [4.78, 5) is 16.3. The molecule has 0 aliphatic rings. The number of rotatable bonds is 2. The molecule has 0 aliphatic heterocycles. The van der Waals surface area contributed by atoms with Crippen LogP contribution >= 0.6 is 11.3 Å². The van der Waals surface area contributed by atoms with Crippen molar-refractivity contribution in [2.24, 2.45) is 0 Å². The summed E-state index contributed by atoms with van der Waals surface area (Å²) in [5.74, 6) is 0.496. The van der Waals surface area contributed by atoms with Crippen molar-refractivity contribution in [1.82, 2.24) is 14.8 Å². The van der Waals surface area contributed by atoms with Crippen LogP contribution in [0.3, 0.4) is 0 Å². The lowest BCUT2D eigenvalue weighted by molar-refractivity contribution is 0.102. The summed E-state index contributed by atoms with van der Waals surface area (Å²) in [5, 5.41) is 9.93. The molecule has 5 nitrogen and oxygen atoms in total. The number of hydrogen-bond acceptors (Lipinski definition) is 4. The molecular weight excluding hydrogens is 260 g/mol.